The molecular weight excluding hydrogens is 265 g/mol. The number of hydrogen-bond acceptors (Lipinski definition) is 5. The van der Waals surface area contributed by atoms with Crippen molar-refractivity contribution in [3.05, 3.63) is 39.7 Å². The molecular formula is C13H18FN3O3. The van der Waals surface area contributed by atoms with Crippen molar-refractivity contribution in [1.29, 1.82) is 0 Å². The van der Waals surface area contributed by atoms with E-state index in [4.69, 9.17) is 0 Å². The quantitative estimate of drug-likeness (QED) is 0.624. The number of nitro groups is 1. The number of benzene rings is 1. The summed E-state index contributed by atoms with van der Waals surface area (Å²) in [5.41, 5.74) is 0.162. The van der Waals surface area contributed by atoms with Crippen molar-refractivity contribution >= 4 is 5.69 Å². The minimum Gasteiger partial charge on any atom is -0.396 e. The van der Waals surface area contributed by atoms with Crippen molar-refractivity contribution in [3.63, 3.8) is 0 Å². The highest BCUT2D eigenvalue weighted by Gasteiger charge is 2.25. The normalized spacial score (nSPS) is 17.9. The monoisotopic (exact) mass is 283 g/mol. The molecule has 1 fully saturated rings. The molecule has 2 N–H and O–H groups in total. The number of hydrogen-bond donors (Lipinski definition) is 2. The Balaban J connectivity index is 2.31. The van der Waals surface area contributed by atoms with Crippen molar-refractivity contribution in [1.82, 2.24) is 10.2 Å². The molecule has 7 heteroatoms. The van der Waals surface area contributed by atoms with E-state index < -0.39 is 10.7 Å². The highest BCUT2D eigenvalue weighted by molar-refractivity contribution is 5.37. The van der Waals surface area contributed by atoms with Crippen LogP contribution in [0.1, 0.15) is 18.0 Å². The second-order valence-electron chi connectivity index (χ2n) is 4.78. The Morgan fingerprint density at radius 3 is 2.75 bits per heavy atom. The first-order valence-electron chi connectivity index (χ1n) is 6.63. The molecule has 1 atom stereocenters. The Morgan fingerprint density at radius 2 is 2.15 bits per heavy atom. The summed E-state index contributed by atoms with van der Waals surface area (Å²) in [4.78, 5) is 12.4. The van der Waals surface area contributed by atoms with Crippen LogP contribution in [0.5, 0.6) is 0 Å². The van der Waals surface area contributed by atoms with E-state index in [9.17, 15) is 19.6 Å². The number of piperazine rings is 1. The minimum absolute atomic E-state index is 0.0866. The zero-order chi connectivity index (χ0) is 14.5. The standard InChI is InChI=1S/C13H18FN3O3/c14-12-2-1-10(17(19)20)9-11(12)13(3-8-18)16-6-4-15-5-7-16/h1-2,9,13,15,18H,3-8H2/t13-/m0/s1. The molecule has 1 aliphatic heterocycles. The van der Waals surface area contributed by atoms with Gasteiger partial charge in [-0.25, -0.2) is 4.39 Å². The Bertz CT molecular complexity index is 478. The molecule has 1 aliphatic rings. The Hall–Kier alpha value is -1.57. The first kappa shape index (κ1) is 14.8. The van der Waals surface area contributed by atoms with Gasteiger partial charge in [-0.2, -0.15) is 0 Å². The van der Waals surface area contributed by atoms with Crippen molar-refractivity contribution in [2.24, 2.45) is 0 Å². The van der Waals surface area contributed by atoms with Gasteiger partial charge in [0.2, 0.25) is 0 Å². The molecule has 110 valence electrons. The maximum absolute atomic E-state index is 14.0. The Morgan fingerprint density at radius 1 is 1.45 bits per heavy atom. The maximum atomic E-state index is 14.0. The smallest absolute Gasteiger partial charge is 0.269 e. The van der Waals surface area contributed by atoms with Crippen molar-refractivity contribution in [2.75, 3.05) is 32.8 Å². The Kier molecular flexibility index (Phi) is 4.99. The van der Waals surface area contributed by atoms with Gasteiger partial charge in [0, 0.05) is 56.5 Å². The second kappa shape index (κ2) is 6.74. The number of rotatable bonds is 5. The van der Waals surface area contributed by atoms with Crippen molar-refractivity contribution < 1.29 is 14.4 Å². The third-order valence-corrected chi connectivity index (χ3v) is 3.54. The van der Waals surface area contributed by atoms with E-state index in [1.807, 2.05) is 0 Å². The molecule has 0 bridgehead atoms. The van der Waals surface area contributed by atoms with Gasteiger partial charge in [-0.1, -0.05) is 0 Å². The zero-order valence-corrected chi connectivity index (χ0v) is 11.1. The molecule has 1 aromatic rings. The first-order chi connectivity index (χ1) is 9.63. The van der Waals surface area contributed by atoms with Crippen LogP contribution in [0.15, 0.2) is 18.2 Å². The maximum Gasteiger partial charge on any atom is 0.269 e. The summed E-state index contributed by atoms with van der Waals surface area (Å²) in [5.74, 6) is -0.465. The number of aliphatic hydroxyl groups is 1. The van der Waals surface area contributed by atoms with Gasteiger partial charge in [0.1, 0.15) is 5.82 Å². The molecule has 0 amide bonds. The third kappa shape index (κ3) is 3.30. The summed E-state index contributed by atoms with van der Waals surface area (Å²) in [5, 5.41) is 23.2. The average molecular weight is 283 g/mol. The molecule has 1 saturated heterocycles. The largest absolute Gasteiger partial charge is 0.396 e. The van der Waals surface area contributed by atoms with Crippen LogP contribution in [-0.4, -0.2) is 47.7 Å². The molecule has 2 rings (SSSR count). The van der Waals surface area contributed by atoms with E-state index >= 15 is 0 Å². The fraction of sp³-hybridized carbons (Fsp3) is 0.538. The molecule has 0 aliphatic carbocycles. The third-order valence-electron chi connectivity index (χ3n) is 3.54. The SMILES string of the molecule is O=[N+]([O-])c1ccc(F)c([C@H](CCO)N2CCNCC2)c1. The lowest BCUT2D eigenvalue weighted by Gasteiger charge is -2.35. The molecule has 20 heavy (non-hydrogen) atoms. The number of non-ortho nitro benzene ring substituents is 1. The lowest BCUT2D eigenvalue weighted by Crippen LogP contribution is -2.45. The van der Waals surface area contributed by atoms with E-state index in [-0.39, 0.29) is 23.9 Å². The molecule has 0 unspecified atom stereocenters. The minimum atomic E-state index is -0.531. The predicted molar refractivity (Wildman–Crippen MR) is 71.9 cm³/mol. The topological polar surface area (TPSA) is 78.6 Å². The van der Waals surface area contributed by atoms with Crippen molar-refractivity contribution in [3.8, 4) is 0 Å². The van der Waals surface area contributed by atoms with Crippen molar-refractivity contribution in [2.45, 2.75) is 12.5 Å². The van der Waals surface area contributed by atoms with Gasteiger partial charge >= 0.3 is 0 Å². The van der Waals surface area contributed by atoms with Crippen LogP contribution < -0.4 is 5.32 Å². The van der Waals surface area contributed by atoms with Gasteiger partial charge < -0.3 is 10.4 Å². The van der Waals surface area contributed by atoms with E-state index in [2.05, 4.69) is 10.2 Å². The van der Waals surface area contributed by atoms with E-state index in [0.717, 1.165) is 38.3 Å². The van der Waals surface area contributed by atoms with Gasteiger partial charge in [0.25, 0.3) is 5.69 Å². The summed E-state index contributed by atoms with van der Waals surface area (Å²) >= 11 is 0. The van der Waals surface area contributed by atoms with Gasteiger partial charge in [0.15, 0.2) is 0 Å². The average Bonchev–Trinajstić information content (AvgIpc) is 2.46. The molecule has 0 spiro atoms. The molecule has 6 nitrogen and oxygen atoms in total. The fourth-order valence-electron chi connectivity index (χ4n) is 2.55. The van der Waals surface area contributed by atoms with Gasteiger partial charge in [0.05, 0.1) is 4.92 Å². The molecule has 0 radical (unpaired) electrons. The lowest BCUT2D eigenvalue weighted by molar-refractivity contribution is -0.385. The van der Waals surface area contributed by atoms with Gasteiger partial charge in [-0.05, 0) is 12.5 Å². The lowest BCUT2D eigenvalue weighted by atomic mass is 10.00. The molecule has 0 aromatic heterocycles. The predicted octanol–water partition coefficient (Wildman–Crippen LogP) is 1.06. The first-order valence-corrected chi connectivity index (χ1v) is 6.63. The van der Waals surface area contributed by atoms with Crippen LogP contribution in [0.4, 0.5) is 10.1 Å². The number of aliphatic hydroxyl groups excluding tert-OH is 1. The fourth-order valence-corrected chi connectivity index (χ4v) is 2.55. The van der Waals surface area contributed by atoms with Crippen LogP contribution in [0, 0.1) is 15.9 Å². The van der Waals surface area contributed by atoms with Crippen LogP contribution in [0.3, 0.4) is 0 Å². The summed E-state index contributed by atoms with van der Waals surface area (Å²) in [6, 6.07) is 3.23. The second-order valence-corrected chi connectivity index (χ2v) is 4.78. The number of nitrogens with zero attached hydrogens (tertiary/aromatic N) is 2. The van der Waals surface area contributed by atoms with Crippen LogP contribution >= 0.6 is 0 Å². The molecule has 0 saturated carbocycles. The summed E-state index contributed by atoms with van der Waals surface area (Å²) in [7, 11) is 0. The van der Waals surface area contributed by atoms with Gasteiger partial charge in [-0.3, -0.25) is 15.0 Å². The van der Waals surface area contributed by atoms with Crippen LogP contribution in [0.25, 0.3) is 0 Å². The molecule has 1 aromatic carbocycles. The van der Waals surface area contributed by atoms with E-state index in [1.165, 1.54) is 6.07 Å². The number of nitro benzene ring substituents is 1. The van der Waals surface area contributed by atoms with Gasteiger partial charge in [-0.15, -0.1) is 0 Å². The van der Waals surface area contributed by atoms with E-state index in [0.29, 0.717) is 6.42 Å². The van der Waals surface area contributed by atoms with Crippen LogP contribution in [-0.2, 0) is 0 Å². The highest BCUT2D eigenvalue weighted by atomic mass is 19.1. The number of halogens is 1. The zero-order valence-electron chi connectivity index (χ0n) is 11.1. The Labute approximate surface area is 116 Å². The summed E-state index contributed by atoms with van der Waals surface area (Å²) in [6.07, 6.45) is 0.359. The highest BCUT2D eigenvalue weighted by Crippen LogP contribution is 2.29. The number of nitrogens with one attached hydrogen (secondary N) is 1. The molecule has 1 heterocycles. The van der Waals surface area contributed by atoms with Crippen LogP contribution in [0.2, 0.25) is 0 Å². The summed E-state index contributed by atoms with van der Waals surface area (Å²) in [6.45, 7) is 2.95. The summed E-state index contributed by atoms with van der Waals surface area (Å²) < 4.78 is 14.0. The van der Waals surface area contributed by atoms with E-state index in [1.54, 1.807) is 0 Å².